The van der Waals surface area contributed by atoms with Gasteiger partial charge in [0.1, 0.15) is 35.7 Å². The van der Waals surface area contributed by atoms with Crippen LogP contribution in [-0.2, 0) is 0 Å². The Hall–Kier alpha value is -3.66. The van der Waals surface area contributed by atoms with Gasteiger partial charge in [-0.25, -0.2) is 0 Å². The van der Waals surface area contributed by atoms with Crippen LogP contribution >= 0.6 is 0 Å². The largest absolute Gasteiger partial charge is 0.486 e. The van der Waals surface area contributed by atoms with Gasteiger partial charge in [-0.3, -0.25) is 9.36 Å². The predicted molar refractivity (Wildman–Crippen MR) is 96.2 cm³/mol. The number of nitriles is 1. The first-order valence-electron chi connectivity index (χ1n) is 8.51. The molecule has 1 aliphatic heterocycles. The van der Waals surface area contributed by atoms with E-state index in [1.165, 1.54) is 0 Å². The van der Waals surface area contributed by atoms with Gasteiger partial charge >= 0.3 is 0 Å². The Morgan fingerprint density at radius 1 is 1.26 bits per heavy atom. The summed E-state index contributed by atoms with van der Waals surface area (Å²) in [6.07, 6.45) is 3.20. The van der Waals surface area contributed by atoms with Crippen molar-refractivity contribution < 1.29 is 18.7 Å². The van der Waals surface area contributed by atoms with Crippen LogP contribution in [0.25, 0.3) is 5.88 Å². The van der Waals surface area contributed by atoms with Crippen molar-refractivity contribution in [3.63, 3.8) is 0 Å². The number of furan rings is 1. The lowest BCUT2D eigenvalue weighted by molar-refractivity contribution is 0.0788. The SMILES string of the molecule is Cc1oc(-n2cccc2)c(C#N)c1C(=O)NC[C@H]1COc2ccccc2O1. The van der Waals surface area contributed by atoms with E-state index in [9.17, 15) is 10.1 Å². The first kappa shape index (κ1) is 16.8. The molecule has 0 saturated heterocycles. The minimum absolute atomic E-state index is 0.201. The van der Waals surface area contributed by atoms with E-state index in [-0.39, 0.29) is 29.7 Å². The summed E-state index contributed by atoms with van der Waals surface area (Å²) in [4.78, 5) is 12.7. The molecule has 1 atom stereocenters. The van der Waals surface area contributed by atoms with Crippen molar-refractivity contribution >= 4 is 5.91 Å². The molecule has 7 nitrogen and oxygen atoms in total. The monoisotopic (exact) mass is 363 g/mol. The Bertz CT molecular complexity index is 1010. The number of aryl methyl sites for hydroxylation is 1. The van der Waals surface area contributed by atoms with Gasteiger partial charge in [-0.05, 0) is 31.2 Å². The van der Waals surface area contributed by atoms with E-state index < -0.39 is 0 Å². The fourth-order valence-electron chi connectivity index (χ4n) is 3.02. The fraction of sp³-hybridized carbons (Fsp3) is 0.200. The molecule has 0 unspecified atom stereocenters. The van der Waals surface area contributed by atoms with Gasteiger partial charge in [0.15, 0.2) is 11.5 Å². The summed E-state index contributed by atoms with van der Waals surface area (Å²) in [6, 6.07) is 13.1. The number of aromatic nitrogens is 1. The number of benzene rings is 1. The number of nitrogens with zero attached hydrogens (tertiary/aromatic N) is 2. The second kappa shape index (κ2) is 6.92. The Labute approximate surface area is 155 Å². The molecule has 7 heteroatoms. The summed E-state index contributed by atoms with van der Waals surface area (Å²) >= 11 is 0. The molecule has 0 spiro atoms. The van der Waals surface area contributed by atoms with Crippen molar-refractivity contribution in [1.82, 2.24) is 9.88 Å². The molecule has 4 rings (SSSR count). The molecule has 0 saturated carbocycles. The van der Waals surface area contributed by atoms with Gasteiger partial charge in [0.25, 0.3) is 5.91 Å². The van der Waals surface area contributed by atoms with Crippen molar-refractivity contribution in [2.45, 2.75) is 13.0 Å². The highest BCUT2D eigenvalue weighted by Gasteiger charge is 2.26. The Balaban J connectivity index is 1.49. The number of para-hydroxylation sites is 2. The van der Waals surface area contributed by atoms with Crippen molar-refractivity contribution in [1.29, 1.82) is 5.26 Å². The number of hydrogen-bond acceptors (Lipinski definition) is 5. The lowest BCUT2D eigenvalue weighted by atomic mass is 10.1. The molecule has 3 aromatic rings. The quantitative estimate of drug-likeness (QED) is 0.770. The molecule has 27 heavy (non-hydrogen) atoms. The maximum absolute atomic E-state index is 12.7. The summed E-state index contributed by atoms with van der Waals surface area (Å²) in [5.74, 6) is 1.67. The number of carbonyl (C=O) groups is 1. The molecule has 2 aromatic heterocycles. The molecule has 1 aliphatic rings. The second-order valence-electron chi connectivity index (χ2n) is 6.12. The van der Waals surface area contributed by atoms with Crippen LogP contribution in [0.4, 0.5) is 0 Å². The maximum atomic E-state index is 12.7. The molecule has 0 bridgehead atoms. The highest BCUT2D eigenvalue weighted by atomic mass is 16.6. The lowest BCUT2D eigenvalue weighted by Gasteiger charge is -2.26. The van der Waals surface area contributed by atoms with E-state index in [4.69, 9.17) is 13.9 Å². The van der Waals surface area contributed by atoms with Gasteiger partial charge in [-0.1, -0.05) is 12.1 Å². The van der Waals surface area contributed by atoms with Crippen LogP contribution in [0, 0.1) is 18.3 Å². The van der Waals surface area contributed by atoms with Crippen LogP contribution < -0.4 is 14.8 Å². The smallest absolute Gasteiger partial charge is 0.256 e. The molecule has 1 N–H and O–H groups in total. The van der Waals surface area contributed by atoms with E-state index in [1.807, 2.05) is 36.4 Å². The molecular weight excluding hydrogens is 346 g/mol. The normalized spacial score (nSPS) is 15.2. The molecule has 1 amide bonds. The van der Waals surface area contributed by atoms with E-state index in [0.717, 1.165) is 0 Å². The molecule has 1 aromatic carbocycles. The Morgan fingerprint density at radius 3 is 2.74 bits per heavy atom. The highest BCUT2D eigenvalue weighted by molar-refractivity contribution is 5.98. The van der Waals surface area contributed by atoms with Gasteiger partial charge in [-0.2, -0.15) is 5.26 Å². The summed E-state index contributed by atoms with van der Waals surface area (Å²) in [5.41, 5.74) is 0.436. The van der Waals surface area contributed by atoms with Crippen molar-refractivity contribution in [3.05, 3.63) is 65.7 Å². The lowest BCUT2D eigenvalue weighted by Crippen LogP contribution is -2.41. The molecule has 0 aliphatic carbocycles. The number of hydrogen-bond donors (Lipinski definition) is 1. The van der Waals surface area contributed by atoms with Crippen molar-refractivity contribution in [2.75, 3.05) is 13.2 Å². The van der Waals surface area contributed by atoms with Gasteiger partial charge in [-0.15, -0.1) is 0 Å². The Kier molecular flexibility index (Phi) is 4.30. The van der Waals surface area contributed by atoms with Crippen molar-refractivity contribution in [2.24, 2.45) is 0 Å². The number of nitrogens with one attached hydrogen (secondary N) is 1. The number of rotatable bonds is 4. The first-order chi connectivity index (χ1) is 13.2. The van der Waals surface area contributed by atoms with Gasteiger partial charge in [0, 0.05) is 12.4 Å². The summed E-state index contributed by atoms with van der Waals surface area (Å²) in [7, 11) is 0. The van der Waals surface area contributed by atoms with Gasteiger partial charge in [0.05, 0.1) is 6.54 Å². The number of fused-ring (bicyclic) bond motifs is 1. The minimum Gasteiger partial charge on any atom is -0.486 e. The first-order valence-corrected chi connectivity index (χ1v) is 8.51. The van der Waals surface area contributed by atoms with Crippen LogP contribution in [0.5, 0.6) is 11.5 Å². The average molecular weight is 363 g/mol. The fourth-order valence-corrected chi connectivity index (χ4v) is 3.02. The molecule has 0 radical (unpaired) electrons. The standard InChI is InChI=1S/C20H17N3O4/c1-13-18(15(10-21)20(26-13)23-8-4-5-9-23)19(24)22-11-14-12-25-16-6-2-3-7-17(16)27-14/h2-9,14H,11-12H2,1H3,(H,22,24)/t14-/m0/s1. The number of ether oxygens (including phenoxy) is 2. The molecular formula is C20H17N3O4. The second-order valence-corrected chi connectivity index (χ2v) is 6.12. The van der Waals surface area contributed by atoms with E-state index in [2.05, 4.69) is 11.4 Å². The predicted octanol–water partition coefficient (Wildman–Crippen LogP) is 2.82. The minimum atomic E-state index is -0.381. The topological polar surface area (TPSA) is 89.4 Å². The molecule has 136 valence electrons. The third-order valence-corrected chi connectivity index (χ3v) is 4.30. The number of amides is 1. The third kappa shape index (κ3) is 3.13. The van der Waals surface area contributed by atoms with Gasteiger partial charge in [0.2, 0.25) is 5.88 Å². The van der Waals surface area contributed by atoms with E-state index in [0.29, 0.717) is 29.8 Å². The summed E-state index contributed by atoms with van der Waals surface area (Å²) in [6.45, 7) is 2.25. The zero-order chi connectivity index (χ0) is 18.8. The zero-order valence-electron chi connectivity index (χ0n) is 14.6. The van der Waals surface area contributed by atoms with E-state index >= 15 is 0 Å². The van der Waals surface area contributed by atoms with Crippen LogP contribution in [0.3, 0.4) is 0 Å². The van der Waals surface area contributed by atoms with Crippen LogP contribution in [0.15, 0.2) is 53.2 Å². The molecule has 3 heterocycles. The zero-order valence-corrected chi connectivity index (χ0v) is 14.6. The highest BCUT2D eigenvalue weighted by Crippen LogP contribution is 2.31. The van der Waals surface area contributed by atoms with Crippen LogP contribution in [0.2, 0.25) is 0 Å². The number of carbonyl (C=O) groups excluding carboxylic acids is 1. The molecule has 0 fully saturated rings. The third-order valence-electron chi connectivity index (χ3n) is 4.30. The van der Waals surface area contributed by atoms with Crippen molar-refractivity contribution in [3.8, 4) is 23.5 Å². The van der Waals surface area contributed by atoms with E-state index in [1.54, 1.807) is 23.9 Å². The Morgan fingerprint density at radius 2 is 2.00 bits per heavy atom. The van der Waals surface area contributed by atoms with Crippen LogP contribution in [-0.4, -0.2) is 29.7 Å². The summed E-state index contributed by atoms with van der Waals surface area (Å²) < 4.78 is 18.8. The van der Waals surface area contributed by atoms with Gasteiger partial charge < -0.3 is 19.2 Å². The summed E-state index contributed by atoms with van der Waals surface area (Å²) in [5, 5.41) is 12.3. The average Bonchev–Trinajstić information content (AvgIpc) is 3.33. The maximum Gasteiger partial charge on any atom is 0.256 e. The van der Waals surface area contributed by atoms with Crippen LogP contribution in [0.1, 0.15) is 21.7 Å².